The van der Waals surface area contributed by atoms with E-state index in [4.69, 9.17) is 27.1 Å². The molecule has 3 aromatic rings. The van der Waals surface area contributed by atoms with Gasteiger partial charge < -0.3 is 56.4 Å². The number of methoxy groups -OCH3 is 2. The fourth-order valence-electron chi connectivity index (χ4n) is 5.56. The number of allylic oxidation sites excluding steroid dienone is 12. The molecule has 0 spiro atoms. The van der Waals surface area contributed by atoms with Gasteiger partial charge in [-0.2, -0.15) is 0 Å². The lowest BCUT2D eigenvalue weighted by atomic mass is 9.96. The summed E-state index contributed by atoms with van der Waals surface area (Å²) < 4.78 is 13.1. The second-order valence-electron chi connectivity index (χ2n) is 15.2. The molecule has 429 valence electrons. The summed E-state index contributed by atoms with van der Waals surface area (Å²) in [5.41, 5.74) is 12.0. The summed E-state index contributed by atoms with van der Waals surface area (Å²) in [6.07, 6.45) is 32.8. The van der Waals surface area contributed by atoms with Crippen LogP contribution in [-0.2, 0) is 46.1 Å². The Morgan fingerprint density at radius 2 is 1.01 bits per heavy atom. The van der Waals surface area contributed by atoms with Crippen LogP contribution in [0, 0.1) is 5.41 Å². The van der Waals surface area contributed by atoms with Crippen LogP contribution in [0.5, 0.6) is 17.2 Å². The van der Waals surface area contributed by atoms with Crippen molar-refractivity contribution >= 4 is 60.9 Å². The van der Waals surface area contributed by atoms with E-state index in [-0.39, 0.29) is 120 Å². The van der Waals surface area contributed by atoms with E-state index in [2.05, 4.69) is 87.1 Å². The molecule has 19 nitrogen and oxygen atoms in total. The Balaban J connectivity index is -0.000000363. The highest BCUT2D eigenvalue weighted by Crippen LogP contribution is 2.22. The van der Waals surface area contributed by atoms with Crippen molar-refractivity contribution in [3.8, 4) is 17.2 Å². The molecular formula is C58H84BN4O15. The number of carbonyl (C=O) groups is 7. The Morgan fingerprint density at radius 3 is 1.44 bits per heavy atom. The van der Waals surface area contributed by atoms with Crippen LogP contribution in [0.3, 0.4) is 0 Å². The number of Topliss-reactive ketones (excluding diaryl/α,β-unsaturated/α-hetero) is 2. The number of nitrogens with two attached hydrogens (primary N) is 2. The highest BCUT2D eigenvalue weighted by molar-refractivity contribution is 6.35. The molecule has 0 atom stereocenters. The molecule has 20 heteroatoms. The van der Waals surface area contributed by atoms with Gasteiger partial charge in [0.05, 0.1) is 33.6 Å². The minimum atomic E-state index is -1.26. The molecule has 0 aliphatic heterocycles. The molecule has 0 saturated carbocycles. The SMILES string of the molecule is C.C.C.C.CC/C=C\C/C=C\C/C=C\C/C=C\C/C=C\C/C=C\CCC(=O)NCC(=O)Cc1ccc(O)c(C(=O)O)c1.COC(=O)c1cc(CC(=O)CN)ccc1O.COC(=O)c1cc(N)ccc1O.N=CO[B]CC(=O)O. The molecule has 1 radical (unpaired) electrons. The average molecular weight is 1090 g/mol. The van der Waals surface area contributed by atoms with Gasteiger partial charge in [-0.15, -0.1) is 0 Å². The summed E-state index contributed by atoms with van der Waals surface area (Å²) >= 11 is 0. The molecule has 0 aliphatic carbocycles. The maximum atomic E-state index is 12.1. The van der Waals surface area contributed by atoms with E-state index in [0.29, 0.717) is 29.6 Å². The first-order chi connectivity index (χ1) is 35.4. The van der Waals surface area contributed by atoms with Gasteiger partial charge in [0, 0.05) is 24.9 Å². The molecule has 1 amide bonds. The fraction of sp³-hybridized carbons (Fsp3) is 0.345. The van der Waals surface area contributed by atoms with E-state index >= 15 is 0 Å². The number of carboxylic acids is 2. The second-order valence-corrected chi connectivity index (χ2v) is 15.2. The van der Waals surface area contributed by atoms with Crippen molar-refractivity contribution < 1.29 is 73.2 Å². The van der Waals surface area contributed by atoms with Crippen LogP contribution in [0.25, 0.3) is 0 Å². The van der Waals surface area contributed by atoms with Gasteiger partial charge in [0.15, 0.2) is 11.6 Å². The third-order valence-corrected chi connectivity index (χ3v) is 9.25. The Morgan fingerprint density at radius 1 is 0.603 bits per heavy atom. The van der Waals surface area contributed by atoms with Crippen LogP contribution in [0.2, 0.25) is 6.32 Å². The molecule has 3 aromatic carbocycles. The molecule has 0 heterocycles. The molecule has 11 N–H and O–H groups in total. The topological polar surface area (TPSA) is 336 Å². The number of esters is 2. The first-order valence-electron chi connectivity index (χ1n) is 23.1. The molecule has 0 unspecified atom stereocenters. The van der Waals surface area contributed by atoms with E-state index in [1.807, 2.05) is 12.2 Å². The Kier molecular flexibility index (Phi) is 49.6. The normalized spacial score (nSPS) is 10.2. The molecular weight excluding hydrogens is 1000 g/mol. The predicted molar refractivity (Wildman–Crippen MR) is 310 cm³/mol. The molecule has 78 heavy (non-hydrogen) atoms. The van der Waals surface area contributed by atoms with Gasteiger partial charge in [-0.1, -0.05) is 122 Å². The van der Waals surface area contributed by atoms with Crippen LogP contribution < -0.4 is 16.8 Å². The molecule has 3 rings (SSSR count). The van der Waals surface area contributed by atoms with Crippen LogP contribution in [0.1, 0.15) is 130 Å². The number of rotatable bonds is 28. The van der Waals surface area contributed by atoms with Crippen LogP contribution in [0.15, 0.2) is 128 Å². The molecule has 0 saturated heterocycles. The number of nitrogen functional groups attached to an aromatic ring is 1. The van der Waals surface area contributed by atoms with Crippen molar-refractivity contribution in [2.24, 2.45) is 5.73 Å². The van der Waals surface area contributed by atoms with E-state index in [0.717, 1.165) is 46.0 Å². The number of benzene rings is 3. The van der Waals surface area contributed by atoms with Crippen molar-refractivity contribution in [3.63, 3.8) is 0 Å². The van der Waals surface area contributed by atoms with Gasteiger partial charge in [-0.05, 0) is 98.5 Å². The number of phenolic OH excluding ortho intramolecular Hbond substituents is 2. The zero-order valence-corrected chi connectivity index (χ0v) is 41.9. The van der Waals surface area contributed by atoms with Crippen molar-refractivity contribution in [2.45, 2.75) is 107 Å². The number of amides is 1. The molecule has 0 aromatic heterocycles. The molecule has 0 bridgehead atoms. The summed E-state index contributed by atoms with van der Waals surface area (Å²) in [4.78, 5) is 78.1. The van der Waals surface area contributed by atoms with Gasteiger partial charge >= 0.3 is 25.4 Å². The van der Waals surface area contributed by atoms with Gasteiger partial charge in [0.25, 0.3) is 5.97 Å². The zero-order chi connectivity index (χ0) is 55.5. The number of carboxylic acid groups (broad SMARTS) is 2. The number of aromatic hydroxyl groups is 3. The number of ketones is 2. The monoisotopic (exact) mass is 1090 g/mol. The number of aromatic carboxylic acids is 1. The number of phenols is 3. The standard InChI is InChI=1S/C32H41NO5.C11H13NO4.C8H9NO3.C3H5BNO3.4CH4/c1-2-3-4-5-6-7-8-9-10-11-12-13-14-15-16-17-18-19-20-21-31(36)33-26-28(34)24-27-22-23-30(35)29(25-27)32(37)38;1-16-11(15)9-5-7(2-3-10(9)14)4-8(13)6-12;1-12-8(11)6-4-5(9)2-3-7(6)10;5-2-8-4-1-3(6)7;;;;/h3-4,6-7,9-10,12-13,15-16,18-19,22-23,25,35H,2,5,8,11,14,17,20-21,24,26H2,1H3,(H,33,36)(H,37,38);2-3,5,14H,4,6,12H2,1H3;2-4,10H,9H2,1H3;2,5H,1H2,(H,6,7);4*1H4/b4-3-,7-6-,10-9-,13-12-,16-15-,19-18-;;;;;;;. The van der Waals surface area contributed by atoms with Crippen molar-refractivity contribution in [3.05, 3.63) is 155 Å². The molecule has 0 fully saturated rings. The number of ether oxygens (including phenoxy) is 2. The summed E-state index contributed by atoms with van der Waals surface area (Å²) in [6, 6.07) is 12.6. The zero-order valence-electron chi connectivity index (χ0n) is 41.9. The predicted octanol–water partition coefficient (Wildman–Crippen LogP) is 10.1. The Bertz CT molecular complexity index is 2450. The minimum absolute atomic E-state index is 0. The number of hydrogen-bond acceptors (Lipinski definition) is 16. The lowest BCUT2D eigenvalue weighted by Gasteiger charge is -2.06. The Labute approximate surface area is 461 Å². The first-order valence-corrected chi connectivity index (χ1v) is 23.1. The van der Waals surface area contributed by atoms with Gasteiger partial charge in [-0.25, -0.2) is 14.4 Å². The summed E-state index contributed by atoms with van der Waals surface area (Å²) in [7, 11) is 3.50. The van der Waals surface area contributed by atoms with Crippen molar-refractivity contribution in [2.75, 3.05) is 33.0 Å². The number of hydrogen-bond donors (Lipinski definition) is 9. The van der Waals surface area contributed by atoms with E-state index < -0.39 is 23.9 Å². The number of aliphatic carboxylic acids is 1. The van der Waals surface area contributed by atoms with E-state index in [1.165, 1.54) is 62.8 Å². The largest absolute Gasteiger partial charge is 0.555 e. The smallest absolute Gasteiger partial charge is 0.382 e. The summed E-state index contributed by atoms with van der Waals surface area (Å²) in [6.45, 7) is 1.97. The third-order valence-electron chi connectivity index (χ3n) is 9.25. The van der Waals surface area contributed by atoms with Crippen LogP contribution >= 0.6 is 0 Å². The van der Waals surface area contributed by atoms with Gasteiger partial charge in [-0.3, -0.25) is 24.6 Å². The van der Waals surface area contributed by atoms with E-state index in [9.17, 15) is 48.9 Å². The third kappa shape index (κ3) is 39.0. The van der Waals surface area contributed by atoms with E-state index in [1.54, 1.807) is 6.07 Å². The maximum absolute atomic E-state index is 12.1. The number of nitrogens with one attached hydrogen (secondary N) is 2. The number of carbonyl (C=O) groups excluding carboxylic acids is 5. The highest BCUT2D eigenvalue weighted by atomic mass is 16.5. The highest BCUT2D eigenvalue weighted by Gasteiger charge is 2.15. The maximum Gasteiger partial charge on any atom is 0.382 e. The fourth-order valence-corrected chi connectivity index (χ4v) is 5.56. The Hall–Kier alpha value is -8.52. The average Bonchev–Trinajstić information content (AvgIpc) is 3.38. The summed E-state index contributed by atoms with van der Waals surface area (Å²) in [5.74, 6) is -4.71. The lowest BCUT2D eigenvalue weighted by Crippen LogP contribution is -2.30. The quantitative estimate of drug-likeness (QED) is 0.00477. The number of anilines is 1. The molecule has 0 aliphatic rings. The minimum Gasteiger partial charge on any atom is -0.555 e. The second kappa shape index (κ2) is 49.4. The first kappa shape index (κ1) is 78.4. The van der Waals surface area contributed by atoms with Gasteiger partial charge in [0.2, 0.25) is 5.91 Å². The van der Waals surface area contributed by atoms with Gasteiger partial charge in [0.1, 0.15) is 40.3 Å². The van der Waals surface area contributed by atoms with Crippen molar-refractivity contribution in [1.82, 2.24) is 5.32 Å². The summed E-state index contributed by atoms with van der Waals surface area (Å²) in [5, 5.41) is 54.0. The lowest BCUT2D eigenvalue weighted by molar-refractivity contribution is -0.134. The van der Waals surface area contributed by atoms with Crippen LogP contribution in [0.4, 0.5) is 5.69 Å². The van der Waals surface area contributed by atoms with Crippen molar-refractivity contribution in [1.29, 1.82) is 5.41 Å². The van der Waals surface area contributed by atoms with Crippen LogP contribution in [-0.4, -0.2) is 108 Å².